The molecular weight excluding hydrogens is 360 g/mol. The van der Waals surface area contributed by atoms with Gasteiger partial charge >= 0.3 is 0 Å². The van der Waals surface area contributed by atoms with Crippen LogP contribution in [-0.2, 0) is 22.7 Å². The Hall–Kier alpha value is -2.96. The average Bonchev–Trinajstić information content (AvgIpc) is 3.28. The highest BCUT2D eigenvalue weighted by molar-refractivity contribution is 5.83. The van der Waals surface area contributed by atoms with E-state index in [0.29, 0.717) is 36.9 Å². The highest BCUT2D eigenvalue weighted by Crippen LogP contribution is 2.33. The molecule has 150 valence electrons. The predicted octanol–water partition coefficient (Wildman–Crippen LogP) is 3.10. The van der Waals surface area contributed by atoms with Gasteiger partial charge in [-0.2, -0.15) is 0 Å². The van der Waals surface area contributed by atoms with E-state index in [1.807, 2.05) is 44.2 Å². The van der Waals surface area contributed by atoms with Crippen LogP contribution in [0.3, 0.4) is 0 Å². The summed E-state index contributed by atoms with van der Waals surface area (Å²) < 4.78 is 16.4. The molecule has 28 heavy (non-hydrogen) atoms. The highest BCUT2D eigenvalue weighted by atomic mass is 16.7. The molecule has 1 aromatic carbocycles. The van der Waals surface area contributed by atoms with E-state index in [2.05, 4.69) is 0 Å². The van der Waals surface area contributed by atoms with Crippen LogP contribution in [0.15, 0.2) is 34.7 Å². The quantitative estimate of drug-likeness (QED) is 0.697. The normalized spacial score (nSPS) is 12.1. The van der Waals surface area contributed by atoms with Crippen LogP contribution in [0.2, 0.25) is 0 Å². The third-order valence-electron chi connectivity index (χ3n) is 4.57. The van der Waals surface area contributed by atoms with Crippen LogP contribution in [0, 0.1) is 6.92 Å². The Morgan fingerprint density at radius 1 is 1.04 bits per heavy atom. The summed E-state index contributed by atoms with van der Waals surface area (Å²) in [5.41, 5.74) is 0.922. The van der Waals surface area contributed by atoms with Gasteiger partial charge in [-0.3, -0.25) is 9.59 Å². The first-order valence-corrected chi connectivity index (χ1v) is 9.43. The van der Waals surface area contributed by atoms with E-state index in [4.69, 9.17) is 13.9 Å². The number of aryl methyl sites for hydroxylation is 1. The van der Waals surface area contributed by atoms with Crippen molar-refractivity contribution < 1.29 is 23.5 Å². The first kappa shape index (κ1) is 19.8. The molecule has 0 spiro atoms. The molecule has 1 aliphatic rings. The van der Waals surface area contributed by atoms with E-state index in [1.165, 1.54) is 6.92 Å². The van der Waals surface area contributed by atoms with E-state index >= 15 is 0 Å². The fourth-order valence-electron chi connectivity index (χ4n) is 3.13. The molecule has 0 atom stereocenters. The maximum atomic E-state index is 13.0. The van der Waals surface area contributed by atoms with Crippen molar-refractivity contribution in [3.05, 3.63) is 47.4 Å². The number of carbonyl (C=O) groups excluding carboxylic acids is 2. The van der Waals surface area contributed by atoms with Crippen molar-refractivity contribution in [1.82, 2.24) is 9.80 Å². The lowest BCUT2D eigenvalue weighted by Gasteiger charge is -2.26. The highest BCUT2D eigenvalue weighted by Gasteiger charge is 2.22. The van der Waals surface area contributed by atoms with E-state index < -0.39 is 0 Å². The molecule has 0 N–H and O–H groups in total. The van der Waals surface area contributed by atoms with Gasteiger partial charge < -0.3 is 23.7 Å². The van der Waals surface area contributed by atoms with Crippen molar-refractivity contribution in [3.8, 4) is 11.5 Å². The standard InChI is InChI=1S/C21H26N2O5/c1-4-9-22(16(3)24)13-21(25)23(12-18-7-5-15(2)28-18)11-17-6-8-19-20(10-17)27-14-26-19/h5-8,10H,4,9,11-14H2,1-3H3. The van der Waals surface area contributed by atoms with Crippen molar-refractivity contribution in [2.75, 3.05) is 19.9 Å². The predicted molar refractivity (Wildman–Crippen MR) is 103 cm³/mol. The van der Waals surface area contributed by atoms with Crippen molar-refractivity contribution >= 4 is 11.8 Å². The lowest BCUT2D eigenvalue weighted by atomic mass is 10.2. The fraction of sp³-hybridized carbons (Fsp3) is 0.429. The molecule has 0 radical (unpaired) electrons. The monoisotopic (exact) mass is 386 g/mol. The number of nitrogens with zero attached hydrogens (tertiary/aromatic N) is 2. The summed E-state index contributed by atoms with van der Waals surface area (Å²) in [6.45, 7) is 6.86. The number of hydrogen-bond acceptors (Lipinski definition) is 5. The molecule has 0 aliphatic carbocycles. The van der Waals surface area contributed by atoms with Crippen molar-refractivity contribution in [2.24, 2.45) is 0 Å². The SMILES string of the molecule is CCCN(CC(=O)N(Cc1ccc2c(c1)OCO2)Cc1ccc(C)o1)C(C)=O. The minimum Gasteiger partial charge on any atom is -0.464 e. The number of ether oxygens (including phenoxy) is 2. The van der Waals surface area contributed by atoms with Crippen LogP contribution in [0.4, 0.5) is 0 Å². The van der Waals surface area contributed by atoms with Gasteiger partial charge in [0.1, 0.15) is 11.5 Å². The minimum absolute atomic E-state index is 0.0490. The Balaban J connectivity index is 1.77. The van der Waals surface area contributed by atoms with Gasteiger partial charge in [-0.15, -0.1) is 0 Å². The third-order valence-corrected chi connectivity index (χ3v) is 4.57. The Bertz CT molecular complexity index is 845. The first-order chi connectivity index (χ1) is 13.5. The van der Waals surface area contributed by atoms with Gasteiger partial charge in [-0.25, -0.2) is 0 Å². The summed E-state index contributed by atoms with van der Waals surface area (Å²) in [4.78, 5) is 28.1. The number of furan rings is 1. The van der Waals surface area contributed by atoms with Crippen LogP contribution >= 0.6 is 0 Å². The Morgan fingerprint density at radius 2 is 1.82 bits per heavy atom. The largest absolute Gasteiger partial charge is 0.464 e. The van der Waals surface area contributed by atoms with E-state index in [-0.39, 0.29) is 25.2 Å². The van der Waals surface area contributed by atoms with Crippen LogP contribution in [-0.4, -0.2) is 41.5 Å². The van der Waals surface area contributed by atoms with Gasteiger partial charge in [0.05, 0.1) is 13.1 Å². The molecule has 1 aliphatic heterocycles. The number of amides is 2. The Labute approximate surface area is 164 Å². The van der Waals surface area contributed by atoms with Gasteiger partial charge in [0.15, 0.2) is 11.5 Å². The molecule has 2 heterocycles. The van der Waals surface area contributed by atoms with Crippen molar-refractivity contribution in [1.29, 1.82) is 0 Å². The van der Waals surface area contributed by atoms with Gasteiger partial charge in [0, 0.05) is 20.0 Å². The lowest BCUT2D eigenvalue weighted by molar-refractivity contribution is -0.140. The number of rotatable bonds is 8. The molecule has 0 fully saturated rings. The summed E-state index contributed by atoms with van der Waals surface area (Å²) in [6, 6.07) is 9.37. The summed E-state index contributed by atoms with van der Waals surface area (Å²) in [7, 11) is 0. The molecule has 0 saturated heterocycles. The second kappa shape index (κ2) is 8.82. The number of fused-ring (bicyclic) bond motifs is 1. The molecule has 1 aromatic heterocycles. The first-order valence-electron chi connectivity index (χ1n) is 9.43. The maximum Gasteiger partial charge on any atom is 0.242 e. The van der Waals surface area contributed by atoms with Crippen molar-refractivity contribution in [2.45, 2.75) is 40.3 Å². The van der Waals surface area contributed by atoms with Crippen LogP contribution < -0.4 is 9.47 Å². The van der Waals surface area contributed by atoms with Gasteiger partial charge in [-0.05, 0) is 43.2 Å². The second-order valence-corrected chi connectivity index (χ2v) is 6.89. The Morgan fingerprint density at radius 3 is 2.50 bits per heavy atom. The van der Waals surface area contributed by atoms with Crippen LogP contribution in [0.5, 0.6) is 11.5 Å². The summed E-state index contributed by atoms with van der Waals surface area (Å²) in [5.74, 6) is 2.64. The zero-order chi connectivity index (χ0) is 20.1. The number of carbonyl (C=O) groups is 2. The zero-order valence-corrected chi connectivity index (χ0v) is 16.6. The fourth-order valence-corrected chi connectivity index (χ4v) is 3.13. The smallest absolute Gasteiger partial charge is 0.242 e. The number of hydrogen-bond donors (Lipinski definition) is 0. The maximum absolute atomic E-state index is 13.0. The van der Waals surface area contributed by atoms with E-state index in [0.717, 1.165) is 17.7 Å². The summed E-state index contributed by atoms with van der Waals surface area (Å²) >= 11 is 0. The third kappa shape index (κ3) is 4.85. The molecule has 7 nitrogen and oxygen atoms in total. The van der Waals surface area contributed by atoms with Crippen LogP contribution in [0.1, 0.15) is 37.4 Å². The molecule has 0 saturated carbocycles. The molecule has 7 heteroatoms. The minimum atomic E-state index is -0.129. The van der Waals surface area contributed by atoms with Gasteiger partial charge in [0.2, 0.25) is 18.6 Å². The molecule has 2 aromatic rings. The molecule has 0 bridgehead atoms. The molecular formula is C21H26N2O5. The molecule has 2 amide bonds. The van der Waals surface area contributed by atoms with E-state index in [1.54, 1.807) is 9.80 Å². The second-order valence-electron chi connectivity index (χ2n) is 6.89. The average molecular weight is 386 g/mol. The Kier molecular flexibility index (Phi) is 6.23. The van der Waals surface area contributed by atoms with Crippen molar-refractivity contribution in [3.63, 3.8) is 0 Å². The number of benzene rings is 1. The van der Waals surface area contributed by atoms with Gasteiger partial charge in [0.25, 0.3) is 0 Å². The molecule has 0 unspecified atom stereocenters. The van der Waals surface area contributed by atoms with Gasteiger partial charge in [-0.1, -0.05) is 13.0 Å². The van der Waals surface area contributed by atoms with Crippen LogP contribution in [0.25, 0.3) is 0 Å². The topological polar surface area (TPSA) is 72.2 Å². The summed E-state index contributed by atoms with van der Waals surface area (Å²) in [6.07, 6.45) is 0.798. The zero-order valence-electron chi connectivity index (χ0n) is 16.6. The lowest BCUT2D eigenvalue weighted by Crippen LogP contribution is -2.42. The van der Waals surface area contributed by atoms with E-state index in [9.17, 15) is 9.59 Å². The summed E-state index contributed by atoms with van der Waals surface area (Å²) in [5, 5.41) is 0. The molecule has 3 rings (SSSR count).